The highest BCUT2D eigenvalue weighted by atomic mass is 79.9. The molecule has 31 heavy (non-hydrogen) atoms. The van der Waals surface area contributed by atoms with Gasteiger partial charge in [0.15, 0.2) is 5.82 Å². The van der Waals surface area contributed by atoms with Gasteiger partial charge >= 0.3 is 0 Å². The molecule has 0 amide bonds. The van der Waals surface area contributed by atoms with Gasteiger partial charge in [-0.05, 0) is 48.1 Å². The lowest BCUT2D eigenvalue weighted by molar-refractivity contribution is 0.303. The third kappa shape index (κ3) is 5.30. The average Bonchev–Trinajstić information content (AvgIpc) is 3.15. The van der Waals surface area contributed by atoms with Gasteiger partial charge in [-0.3, -0.25) is 0 Å². The predicted molar refractivity (Wildman–Crippen MR) is 131 cm³/mol. The summed E-state index contributed by atoms with van der Waals surface area (Å²) in [5.74, 6) is 1.46. The minimum absolute atomic E-state index is 0.367. The largest absolute Gasteiger partial charge is 0.489 e. The molecular formula is C22H17BrCl2N4OS. The maximum absolute atomic E-state index is 6.11. The van der Waals surface area contributed by atoms with Crippen molar-refractivity contribution >= 4 is 51.3 Å². The van der Waals surface area contributed by atoms with Gasteiger partial charge in [0.05, 0.1) is 16.6 Å². The van der Waals surface area contributed by atoms with E-state index in [1.54, 1.807) is 16.8 Å². The van der Waals surface area contributed by atoms with E-state index in [0.717, 1.165) is 26.9 Å². The Kier molecular flexibility index (Phi) is 6.97. The number of benzene rings is 3. The van der Waals surface area contributed by atoms with Gasteiger partial charge in [-0.15, -0.1) is 0 Å². The number of H-pyrrole nitrogens is 1. The van der Waals surface area contributed by atoms with Gasteiger partial charge in [-0.2, -0.15) is 5.10 Å². The summed E-state index contributed by atoms with van der Waals surface area (Å²) >= 11 is 21.0. The van der Waals surface area contributed by atoms with Crippen molar-refractivity contribution in [3.8, 4) is 17.1 Å². The summed E-state index contributed by atoms with van der Waals surface area (Å²) in [6, 6.07) is 21.2. The van der Waals surface area contributed by atoms with Crippen LogP contribution >= 0.6 is 51.3 Å². The first-order valence-corrected chi connectivity index (χ1v) is 11.3. The lowest BCUT2D eigenvalue weighted by Crippen LogP contribution is -2.16. The van der Waals surface area contributed by atoms with Crippen LogP contribution in [-0.2, 0) is 13.2 Å². The highest BCUT2D eigenvalue weighted by Crippen LogP contribution is 2.27. The van der Waals surface area contributed by atoms with Gasteiger partial charge < -0.3 is 10.2 Å². The molecule has 0 saturated heterocycles. The zero-order valence-corrected chi connectivity index (χ0v) is 20.0. The first-order chi connectivity index (χ1) is 15.0. The summed E-state index contributed by atoms with van der Waals surface area (Å²) in [5, 5.41) is 8.21. The third-order valence-electron chi connectivity index (χ3n) is 4.53. The Hall–Kier alpha value is -2.32. The number of aromatic amines is 1. The molecule has 5 nitrogen and oxygen atoms in total. The molecule has 0 unspecified atom stereocenters. The van der Waals surface area contributed by atoms with Crippen LogP contribution in [0.15, 0.2) is 71.2 Å². The predicted octanol–water partition coefficient (Wildman–Crippen LogP) is 7.00. The van der Waals surface area contributed by atoms with Crippen molar-refractivity contribution < 1.29 is 4.74 Å². The Labute approximate surface area is 203 Å². The number of hydrogen-bond donors (Lipinski definition) is 2. The van der Waals surface area contributed by atoms with Crippen LogP contribution in [0.1, 0.15) is 11.1 Å². The highest BCUT2D eigenvalue weighted by Gasteiger charge is 2.11. The molecule has 0 atom stereocenters. The Balaban J connectivity index is 1.53. The maximum Gasteiger partial charge on any atom is 0.214 e. The van der Waals surface area contributed by atoms with E-state index >= 15 is 0 Å². The van der Waals surface area contributed by atoms with Crippen molar-refractivity contribution in [2.75, 3.05) is 5.43 Å². The number of ether oxygens (including phenoxy) is 1. The van der Waals surface area contributed by atoms with E-state index in [9.17, 15) is 0 Å². The van der Waals surface area contributed by atoms with E-state index in [1.807, 2.05) is 54.6 Å². The SMILES string of the molecule is S=c1[nH]nc(-c2ccccc2)n1NCc1cc(Br)ccc1OCc1ccc(Cl)c(Cl)c1. The van der Waals surface area contributed by atoms with Crippen molar-refractivity contribution in [2.45, 2.75) is 13.2 Å². The van der Waals surface area contributed by atoms with Crippen molar-refractivity contribution in [2.24, 2.45) is 0 Å². The van der Waals surface area contributed by atoms with Crippen LogP contribution in [0, 0.1) is 4.77 Å². The molecule has 9 heteroatoms. The molecule has 1 aromatic heterocycles. The Morgan fingerprint density at radius 2 is 1.84 bits per heavy atom. The van der Waals surface area contributed by atoms with E-state index in [0.29, 0.717) is 33.8 Å². The van der Waals surface area contributed by atoms with Gasteiger partial charge in [0.25, 0.3) is 0 Å². The van der Waals surface area contributed by atoms with Crippen LogP contribution < -0.4 is 10.2 Å². The van der Waals surface area contributed by atoms with Crippen LogP contribution in [0.4, 0.5) is 0 Å². The molecule has 0 aliphatic carbocycles. The van der Waals surface area contributed by atoms with Crippen LogP contribution in [0.2, 0.25) is 10.0 Å². The molecule has 3 aromatic carbocycles. The highest BCUT2D eigenvalue weighted by molar-refractivity contribution is 9.10. The van der Waals surface area contributed by atoms with Gasteiger partial charge in [-0.25, -0.2) is 9.77 Å². The van der Waals surface area contributed by atoms with E-state index in [-0.39, 0.29) is 0 Å². The molecule has 0 radical (unpaired) electrons. The summed E-state index contributed by atoms with van der Waals surface area (Å²) in [6.45, 7) is 0.843. The van der Waals surface area contributed by atoms with E-state index < -0.39 is 0 Å². The normalized spacial score (nSPS) is 10.8. The third-order valence-corrected chi connectivity index (χ3v) is 6.04. The molecule has 0 spiro atoms. The summed E-state index contributed by atoms with van der Waals surface area (Å²) in [6.07, 6.45) is 0. The number of hydrogen-bond acceptors (Lipinski definition) is 4. The second kappa shape index (κ2) is 9.87. The molecule has 4 aromatic rings. The minimum Gasteiger partial charge on any atom is -0.489 e. The van der Waals surface area contributed by atoms with E-state index in [4.69, 9.17) is 40.2 Å². The fourth-order valence-corrected chi connectivity index (χ4v) is 3.93. The summed E-state index contributed by atoms with van der Waals surface area (Å²) in [7, 11) is 0. The minimum atomic E-state index is 0.367. The first-order valence-electron chi connectivity index (χ1n) is 9.33. The van der Waals surface area contributed by atoms with Gasteiger partial charge in [0.1, 0.15) is 12.4 Å². The van der Waals surface area contributed by atoms with Gasteiger partial charge in [0.2, 0.25) is 4.77 Å². The van der Waals surface area contributed by atoms with E-state index in [1.165, 1.54) is 0 Å². The van der Waals surface area contributed by atoms with Crippen molar-refractivity contribution in [1.82, 2.24) is 14.9 Å². The Bertz CT molecular complexity index is 1260. The number of halogens is 3. The Morgan fingerprint density at radius 3 is 2.61 bits per heavy atom. The van der Waals surface area contributed by atoms with Crippen LogP contribution in [-0.4, -0.2) is 14.9 Å². The fourth-order valence-electron chi connectivity index (χ4n) is 3.01. The van der Waals surface area contributed by atoms with E-state index in [2.05, 4.69) is 31.6 Å². The standard InChI is InChI=1S/C22H17BrCl2N4OS/c23-17-7-9-20(30-13-14-6-8-18(24)19(25)10-14)16(11-17)12-26-29-21(27-28-22(29)31)15-4-2-1-3-5-15/h1-11,26H,12-13H2,(H,28,31). The maximum atomic E-state index is 6.11. The Morgan fingerprint density at radius 1 is 1.03 bits per heavy atom. The number of nitrogens with one attached hydrogen (secondary N) is 2. The topological polar surface area (TPSA) is 54.9 Å². The second-order valence-electron chi connectivity index (χ2n) is 6.68. The summed E-state index contributed by atoms with van der Waals surface area (Å²) in [4.78, 5) is 0. The van der Waals surface area contributed by atoms with Crippen LogP contribution in [0.25, 0.3) is 11.4 Å². The summed E-state index contributed by atoms with van der Waals surface area (Å²) in [5.41, 5.74) is 6.17. The van der Waals surface area contributed by atoms with Crippen molar-refractivity contribution in [3.05, 3.63) is 97.1 Å². The molecule has 0 aliphatic rings. The summed E-state index contributed by atoms with van der Waals surface area (Å²) < 4.78 is 9.25. The zero-order chi connectivity index (χ0) is 21.8. The van der Waals surface area contributed by atoms with Gasteiger partial charge in [-0.1, -0.05) is 75.5 Å². The number of nitrogens with zero attached hydrogens (tertiary/aromatic N) is 2. The van der Waals surface area contributed by atoms with Crippen molar-refractivity contribution in [3.63, 3.8) is 0 Å². The molecule has 0 saturated carbocycles. The molecule has 158 valence electrons. The second-order valence-corrected chi connectivity index (χ2v) is 8.79. The average molecular weight is 536 g/mol. The fraction of sp³-hybridized carbons (Fsp3) is 0.0909. The number of rotatable bonds is 7. The molecular weight excluding hydrogens is 519 g/mol. The lowest BCUT2D eigenvalue weighted by atomic mass is 10.2. The zero-order valence-electron chi connectivity index (χ0n) is 16.1. The smallest absolute Gasteiger partial charge is 0.214 e. The molecule has 4 rings (SSSR count). The van der Waals surface area contributed by atoms with Crippen LogP contribution in [0.3, 0.4) is 0 Å². The molecule has 0 fully saturated rings. The van der Waals surface area contributed by atoms with Crippen LogP contribution in [0.5, 0.6) is 5.75 Å². The lowest BCUT2D eigenvalue weighted by Gasteiger charge is -2.15. The molecule has 0 aliphatic heterocycles. The monoisotopic (exact) mass is 534 g/mol. The molecule has 1 heterocycles. The molecule has 0 bridgehead atoms. The number of aromatic nitrogens is 3. The van der Waals surface area contributed by atoms with Gasteiger partial charge in [0, 0.05) is 15.6 Å². The quantitative estimate of drug-likeness (QED) is 0.250. The molecule has 2 N–H and O–H groups in total. The van der Waals surface area contributed by atoms with Crippen molar-refractivity contribution in [1.29, 1.82) is 0 Å². The first kappa shape index (κ1) is 21.9.